The minimum atomic E-state index is -0.113. The molecule has 18 heavy (non-hydrogen) atoms. The fourth-order valence-corrected chi connectivity index (χ4v) is 2.04. The van der Waals surface area contributed by atoms with Crippen LogP contribution in [0.5, 0.6) is 0 Å². The van der Waals surface area contributed by atoms with Crippen LogP contribution in [0.4, 0.5) is 5.69 Å². The summed E-state index contributed by atoms with van der Waals surface area (Å²) in [6, 6.07) is 9.00. The Hall–Kier alpha value is -1.74. The molecule has 1 heterocycles. The van der Waals surface area contributed by atoms with Crippen LogP contribution in [0.15, 0.2) is 30.3 Å². The minimum absolute atomic E-state index is 0.113. The molecular weight excluding hydrogens is 248 g/mol. The average Bonchev–Trinajstić information content (AvgIpc) is 2.57. The molecule has 0 aliphatic carbocycles. The number of nitrogens with one attached hydrogen (secondary N) is 1. The van der Waals surface area contributed by atoms with E-state index in [-0.39, 0.29) is 5.91 Å². The molecule has 0 bridgehead atoms. The van der Waals surface area contributed by atoms with Gasteiger partial charge in [0.15, 0.2) is 0 Å². The third kappa shape index (κ3) is 2.41. The Bertz CT molecular complexity index is 602. The molecule has 1 aromatic carbocycles. The lowest BCUT2D eigenvalue weighted by molar-refractivity contribution is 0.102. The van der Waals surface area contributed by atoms with E-state index in [1.54, 1.807) is 18.2 Å². The van der Waals surface area contributed by atoms with E-state index in [4.69, 9.17) is 11.6 Å². The monoisotopic (exact) mass is 262 g/mol. The standard InChI is InChI=1S/C14H15ClN2O/c1-9-7-13(10(2)17(9)3)14(18)16-12-6-4-5-11(15)8-12/h4-8H,1-3H3,(H,16,18). The third-order valence-electron chi connectivity index (χ3n) is 3.10. The van der Waals surface area contributed by atoms with Crippen molar-refractivity contribution < 1.29 is 4.79 Å². The SMILES string of the molecule is Cc1cc(C(=O)Nc2cccc(Cl)c2)c(C)n1C. The van der Waals surface area contributed by atoms with E-state index < -0.39 is 0 Å². The van der Waals surface area contributed by atoms with Gasteiger partial charge in [-0.3, -0.25) is 4.79 Å². The Morgan fingerprint density at radius 2 is 2.00 bits per heavy atom. The smallest absolute Gasteiger partial charge is 0.257 e. The molecule has 1 amide bonds. The first-order chi connectivity index (χ1) is 8.49. The predicted octanol–water partition coefficient (Wildman–Crippen LogP) is 3.55. The highest BCUT2D eigenvalue weighted by molar-refractivity contribution is 6.30. The van der Waals surface area contributed by atoms with Gasteiger partial charge in [-0.15, -0.1) is 0 Å². The normalized spacial score (nSPS) is 10.4. The van der Waals surface area contributed by atoms with E-state index in [0.717, 1.165) is 11.4 Å². The van der Waals surface area contributed by atoms with Crippen molar-refractivity contribution >= 4 is 23.2 Å². The fraction of sp³-hybridized carbons (Fsp3) is 0.214. The van der Waals surface area contributed by atoms with Crippen LogP contribution in [-0.4, -0.2) is 10.5 Å². The largest absolute Gasteiger partial charge is 0.351 e. The molecule has 0 unspecified atom stereocenters. The van der Waals surface area contributed by atoms with Crippen molar-refractivity contribution in [3.05, 3.63) is 52.3 Å². The van der Waals surface area contributed by atoms with Crippen LogP contribution in [0.1, 0.15) is 21.7 Å². The molecule has 0 aliphatic rings. The Balaban J connectivity index is 2.25. The van der Waals surface area contributed by atoms with Gasteiger partial charge in [0.2, 0.25) is 0 Å². The molecule has 2 rings (SSSR count). The molecule has 94 valence electrons. The Morgan fingerprint density at radius 3 is 2.56 bits per heavy atom. The lowest BCUT2D eigenvalue weighted by Gasteiger charge is -2.05. The number of anilines is 1. The van der Waals surface area contributed by atoms with Gasteiger partial charge >= 0.3 is 0 Å². The van der Waals surface area contributed by atoms with E-state index in [1.165, 1.54) is 0 Å². The summed E-state index contributed by atoms with van der Waals surface area (Å²) in [5.74, 6) is -0.113. The van der Waals surface area contributed by atoms with Crippen LogP contribution in [0.2, 0.25) is 5.02 Å². The number of hydrogen-bond acceptors (Lipinski definition) is 1. The molecule has 0 fully saturated rings. The van der Waals surface area contributed by atoms with Crippen LogP contribution < -0.4 is 5.32 Å². The number of benzene rings is 1. The van der Waals surface area contributed by atoms with E-state index in [2.05, 4.69) is 5.32 Å². The van der Waals surface area contributed by atoms with Crippen molar-refractivity contribution in [2.45, 2.75) is 13.8 Å². The predicted molar refractivity (Wildman–Crippen MR) is 74.3 cm³/mol. The van der Waals surface area contributed by atoms with Crippen LogP contribution in [0.25, 0.3) is 0 Å². The number of carbonyl (C=O) groups excluding carboxylic acids is 1. The number of nitrogens with zero attached hydrogens (tertiary/aromatic N) is 1. The van der Waals surface area contributed by atoms with Gasteiger partial charge in [0.25, 0.3) is 5.91 Å². The molecule has 0 atom stereocenters. The minimum Gasteiger partial charge on any atom is -0.351 e. The quantitative estimate of drug-likeness (QED) is 0.882. The summed E-state index contributed by atoms with van der Waals surface area (Å²) in [7, 11) is 1.95. The highest BCUT2D eigenvalue weighted by Gasteiger charge is 2.13. The van der Waals surface area contributed by atoms with Crippen LogP contribution in [-0.2, 0) is 7.05 Å². The summed E-state index contributed by atoms with van der Waals surface area (Å²) >= 11 is 5.88. The van der Waals surface area contributed by atoms with Crippen LogP contribution >= 0.6 is 11.6 Å². The van der Waals surface area contributed by atoms with Crippen LogP contribution in [0, 0.1) is 13.8 Å². The summed E-state index contributed by atoms with van der Waals surface area (Å²) in [5.41, 5.74) is 3.40. The topological polar surface area (TPSA) is 34.0 Å². The highest BCUT2D eigenvalue weighted by atomic mass is 35.5. The molecule has 0 saturated carbocycles. The maximum absolute atomic E-state index is 12.1. The van der Waals surface area contributed by atoms with Gasteiger partial charge < -0.3 is 9.88 Å². The molecule has 2 aromatic rings. The Morgan fingerprint density at radius 1 is 1.28 bits per heavy atom. The zero-order valence-electron chi connectivity index (χ0n) is 10.6. The Labute approximate surface area is 111 Å². The zero-order chi connectivity index (χ0) is 13.3. The molecule has 3 nitrogen and oxygen atoms in total. The van der Waals surface area contributed by atoms with Gasteiger partial charge in [0.1, 0.15) is 0 Å². The zero-order valence-corrected chi connectivity index (χ0v) is 11.4. The van der Waals surface area contributed by atoms with E-state index >= 15 is 0 Å². The average molecular weight is 263 g/mol. The van der Waals surface area contributed by atoms with Gasteiger partial charge in [-0.2, -0.15) is 0 Å². The van der Waals surface area contributed by atoms with Gasteiger partial charge in [0.05, 0.1) is 5.56 Å². The van der Waals surface area contributed by atoms with Crippen molar-refractivity contribution in [2.24, 2.45) is 7.05 Å². The molecule has 0 aliphatic heterocycles. The maximum atomic E-state index is 12.1. The number of aromatic nitrogens is 1. The number of amides is 1. The summed E-state index contributed by atoms with van der Waals surface area (Å²) < 4.78 is 1.99. The molecule has 4 heteroatoms. The van der Waals surface area contributed by atoms with Crippen LogP contribution in [0.3, 0.4) is 0 Å². The van der Waals surface area contributed by atoms with Crippen molar-refractivity contribution in [2.75, 3.05) is 5.32 Å². The van der Waals surface area contributed by atoms with E-state index in [0.29, 0.717) is 16.3 Å². The first-order valence-electron chi connectivity index (χ1n) is 5.69. The number of carbonyl (C=O) groups is 1. The number of aryl methyl sites for hydroxylation is 1. The summed E-state index contributed by atoms with van der Waals surface area (Å²) in [4.78, 5) is 12.1. The first-order valence-corrected chi connectivity index (χ1v) is 6.06. The third-order valence-corrected chi connectivity index (χ3v) is 3.34. The van der Waals surface area contributed by atoms with Crippen molar-refractivity contribution in [1.29, 1.82) is 0 Å². The molecule has 0 radical (unpaired) electrons. The number of hydrogen-bond donors (Lipinski definition) is 1. The molecule has 0 saturated heterocycles. The van der Waals surface area contributed by atoms with Gasteiger partial charge in [-0.25, -0.2) is 0 Å². The molecule has 1 aromatic heterocycles. The maximum Gasteiger partial charge on any atom is 0.257 e. The first kappa shape index (κ1) is 12.7. The fourth-order valence-electron chi connectivity index (χ4n) is 1.85. The molecular formula is C14H15ClN2O. The van der Waals surface area contributed by atoms with Crippen molar-refractivity contribution in [1.82, 2.24) is 4.57 Å². The summed E-state index contributed by atoms with van der Waals surface area (Å²) in [6.45, 7) is 3.91. The second kappa shape index (κ2) is 4.86. The van der Waals surface area contributed by atoms with E-state index in [9.17, 15) is 4.79 Å². The van der Waals surface area contributed by atoms with Gasteiger partial charge in [-0.05, 0) is 38.1 Å². The van der Waals surface area contributed by atoms with Gasteiger partial charge in [-0.1, -0.05) is 17.7 Å². The van der Waals surface area contributed by atoms with Gasteiger partial charge in [0, 0.05) is 29.1 Å². The second-order valence-electron chi connectivity index (χ2n) is 4.31. The second-order valence-corrected chi connectivity index (χ2v) is 4.74. The Kier molecular flexibility index (Phi) is 3.43. The summed E-state index contributed by atoms with van der Waals surface area (Å²) in [5, 5.41) is 3.45. The highest BCUT2D eigenvalue weighted by Crippen LogP contribution is 2.18. The summed E-state index contributed by atoms with van der Waals surface area (Å²) in [6.07, 6.45) is 0. The van der Waals surface area contributed by atoms with Crippen molar-refractivity contribution in [3.63, 3.8) is 0 Å². The molecule has 0 spiro atoms. The molecule has 1 N–H and O–H groups in total. The lowest BCUT2D eigenvalue weighted by atomic mass is 10.2. The van der Waals surface area contributed by atoms with E-state index in [1.807, 2.05) is 37.6 Å². The van der Waals surface area contributed by atoms with Crippen molar-refractivity contribution in [3.8, 4) is 0 Å². The number of halogens is 1. The lowest BCUT2D eigenvalue weighted by Crippen LogP contribution is -2.12. The number of rotatable bonds is 2.